The zero-order chi connectivity index (χ0) is 21.8. The van der Waals surface area contributed by atoms with Crippen LogP contribution in [0.2, 0.25) is 0 Å². The van der Waals surface area contributed by atoms with E-state index in [4.69, 9.17) is 0 Å². The van der Waals surface area contributed by atoms with Crippen molar-refractivity contribution in [1.29, 1.82) is 0 Å². The van der Waals surface area contributed by atoms with Crippen LogP contribution in [-0.2, 0) is 0 Å². The van der Waals surface area contributed by atoms with Crippen LogP contribution in [0, 0.1) is 35.5 Å². The normalized spacial score (nSPS) is 24.7. The molecule has 1 saturated carbocycles. The van der Waals surface area contributed by atoms with Gasteiger partial charge in [0.1, 0.15) is 0 Å². The van der Waals surface area contributed by atoms with Gasteiger partial charge in [-0.05, 0) is 94.9 Å². The summed E-state index contributed by atoms with van der Waals surface area (Å²) in [6.07, 6.45) is 13.1. The Labute approximate surface area is 192 Å². The highest BCUT2D eigenvalue weighted by Crippen LogP contribution is 2.29. The van der Waals surface area contributed by atoms with Gasteiger partial charge in [0.15, 0.2) is 0 Å². The molecule has 1 aliphatic carbocycles. The first-order chi connectivity index (χ1) is 13.7. The third kappa shape index (κ3) is 12.7. The zero-order valence-electron chi connectivity index (χ0n) is 21.6. The van der Waals surface area contributed by atoms with E-state index in [0.29, 0.717) is 0 Å². The minimum absolute atomic E-state index is 0. The molecule has 2 nitrogen and oxygen atoms in total. The van der Waals surface area contributed by atoms with E-state index < -0.39 is 0 Å². The maximum absolute atomic E-state index is 2.45. The molecule has 3 fully saturated rings. The largest absolute Gasteiger partial charge is 0.306 e. The second-order valence-corrected chi connectivity index (χ2v) is 11.4. The van der Waals surface area contributed by atoms with Crippen molar-refractivity contribution in [3.63, 3.8) is 0 Å². The Morgan fingerprint density at radius 2 is 0.933 bits per heavy atom. The lowest BCUT2D eigenvalue weighted by molar-refractivity contribution is 0.173. The summed E-state index contributed by atoms with van der Waals surface area (Å²) in [5, 5.41) is 0. The summed E-state index contributed by atoms with van der Waals surface area (Å²) in [7, 11) is 4.45. The van der Waals surface area contributed by atoms with Crippen molar-refractivity contribution in [3.05, 3.63) is 0 Å². The van der Waals surface area contributed by atoms with Crippen LogP contribution in [-0.4, -0.2) is 50.1 Å². The van der Waals surface area contributed by atoms with Gasteiger partial charge < -0.3 is 9.80 Å². The molecule has 0 N–H and O–H groups in total. The fourth-order valence-electron chi connectivity index (χ4n) is 5.25. The van der Waals surface area contributed by atoms with Crippen LogP contribution in [0.25, 0.3) is 0 Å². The number of nitrogens with zero attached hydrogens (tertiary/aromatic N) is 2. The molecule has 182 valence electrons. The minimum atomic E-state index is 0. The number of rotatable bonds is 3. The summed E-state index contributed by atoms with van der Waals surface area (Å²) >= 11 is 0. The third-order valence-corrected chi connectivity index (χ3v) is 7.90. The molecule has 0 aromatic carbocycles. The summed E-state index contributed by atoms with van der Waals surface area (Å²) in [5.74, 6) is 5.72. The highest BCUT2D eigenvalue weighted by atomic mass is 15.1. The highest BCUT2D eigenvalue weighted by molar-refractivity contribution is 4.73. The van der Waals surface area contributed by atoms with Gasteiger partial charge in [-0.3, -0.25) is 0 Å². The van der Waals surface area contributed by atoms with Gasteiger partial charge in [-0.25, -0.2) is 0 Å². The van der Waals surface area contributed by atoms with Crippen molar-refractivity contribution in [2.45, 2.75) is 107 Å². The van der Waals surface area contributed by atoms with E-state index in [0.717, 1.165) is 35.5 Å². The van der Waals surface area contributed by atoms with Crippen molar-refractivity contribution >= 4 is 0 Å². The second-order valence-electron chi connectivity index (χ2n) is 11.4. The van der Waals surface area contributed by atoms with E-state index >= 15 is 0 Å². The molecule has 30 heavy (non-hydrogen) atoms. The van der Waals surface area contributed by atoms with Crippen LogP contribution in [0.1, 0.15) is 107 Å². The lowest BCUT2D eigenvalue weighted by Gasteiger charge is -2.31. The van der Waals surface area contributed by atoms with Gasteiger partial charge in [0.25, 0.3) is 0 Å². The Balaban J connectivity index is 0.000000414. The minimum Gasteiger partial charge on any atom is -0.306 e. The maximum Gasteiger partial charge on any atom is 0.000906 e. The first kappa shape index (κ1) is 29.9. The summed E-state index contributed by atoms with van der Waals surface area (Å²) in [6.45, 7) is 19.3. The van der Waals surface area contributed by atoms with Gasteiger partial charge in [-0.1, -0.05) is 81.1 Å². The van der Waals surface area contributed by atoms with E-state index in [1.54, 1.807) is 0 Å². The third-order valence-electron chi connectivity index (χ3n) is 7.90. The van der Waals surface area contributed by atoms with E-state index in [9.17, 15) is 0 Å². The van der Waals surface area contributed by atoms with Gasteiger partial charge in [-0.15, -0.1) is 0 Å². The molecule has 0 aromatic rings. The number of piperidine rings is 2. The molecule has 2 heteroatoms. The average molecular weight is 425 g/mol. The quantitative estimate of drug-likeness (QED) is 0.455. The standard InChI is InChI=1S/2C9H19N.C9H18.CH4/c1-8(2)9-4-6-10(3)7-5-9;1-8(2)9-5-4-6-10(3)7-9;1-8(2)9-6-4-3-5-7-9;/h2*8-9H,4-7H2,1-3H3;8-9H,3-7H2,1-2H3;1H4. The lowest BCUT2D eigenvalue weighted by Crippen LogP contribution is -2.34. The van der Waals surface area contributed by atoms with E-state index in [1.165, 1.54) is 84.0 Å². The maximum atomic E-state index is 2.45. The van der Waals surface area contributed by atoms with Crippen molar-refractivity contribution in [2.75, 3.05) is 40.3 Å². The Hall–Kier alpha value is -0.0800. The number of likely N-dealkylation sites (tertiary alicyclic amines) is 2. The molecule has 3 aliphatic rings. The molecule has 2 heterocycles. The lowest BCUT2D eigenvalue weighted by atomic mass is 9.82. The number of hydrogen-bond acceptors (Lipinski definition) is 2. The average Bonchev–Trinajstić information content (AvgIpc) is 2.70. The van der Waals surface area contributed by atoms with Crippen LogP contribution >= 0.6 is 0 Å². The molecular weight excluding hydrogens is 364 g/mol. The summed E-state index contributed by atoms with van der Waals surface area (Å²) in [5.41, 5.74) is 0. The molecule has 1 unspecified atom stereocenters. The Morgan fingerprint density at radius 3 is 1.30 bits per heavy atom. The summed E-state index contributed by atoms with van der Waals surface area (Å²) < 4.78 is 0. The van der Waals surface area contributed by atoms with Gasteiger partial charge in [0, 0.05) is 6.54 Å². The molecule has 0 radical (unpaired) electrons. The number of hydrogen-bond donors (Lipinski definition) is 0. The predicted molar refractivity (Wildman–Crippen MR) is 138 cm³/mol. The Morgan fingerprint density at radius 1 is 0.500 bits per heavy atom. The second kappa shape index (κ2) is 16.5. The predicted octanol–water partition coefficient (Wildman–Crippen LogP) is 7.83. The van der Waals surface area contributed by atoms with Gasteiger partial charge in [-0.2, -0.15) is 0 Å². The van der Waals surface area contributed by atoms with Gasteiger partial charge in [0.05, 0.1) is 0 Å². The van der Waals surface area contributed by atoms with Gasteiger partial charge in [0.2, 0.25) is 0 Å². The van der Waals surface area contributed by atoms with Crippen molar-refractivity contribution in [2.24, 2.45) is 35.5 Å². The van der Waals surface area contributed by atoms with E-state index in [2.05, 4.69) is 65.4 Å². The van der Waals surface area contributed by atoms with E-state index in [-0.39, 0.29) is 7.43 Å². The molecule has 0 amide bonds. The smallest absolute Gasteiger partial charge is 0.000906 e. The molecule has 0 spiro atoms. The summed E-state index contributed by atoms with van der Waals surface area (Å²) in [4.78, 5) is 4.88. The first-order valence-corrected chi connectivity index (χ1v) is 13.1. The fraction of sp³-hybridized carbons (Fsp3) is 1.00. The molecule has 3 rings (SSSR count). The monoisotopic (exact) mass is 424 g/mol. The molecule has 2 saturated heterocycles. The van der Waals surface area contributed by atoms with Crippen LogP contribution in [0.5, 0.6) is 0 Å². The summed E-state index contributed by atoms with van der Waals surface area (Å²) in [6, 6.07) is 0. The molecule has 1 atom stereocenters. The van der Waals surface area contributed by atoms with Crippen molar-refractivity contribution in [3.8, 4) is 0 Å². The highest BCUT2D eigenvalue weighted by Gasteiger charge is 2.20. The van der Waals surface area contributed by atoms with Crippen LogP contribution in [0.3, 0.4) is 0 Å². The Kier molecular flexibility index (Phi) is 16.5. The molecule has 2 aliphatic heterocycles. The fourth-order valence-corrected chi connectivity index (χ4v) is 5.25. The van der Waals surface area contributed by atoms with Crippen LogP contribution in [0.4, 0.5) is 0 Å². The first-order valence-electron chi connectivity index (χ1n) is 13.1. The molecule has 0 bridgehead atoms. The van der Waals surface area contributed by atoms with Crippen molar-refractivity contribution in [1.82, 2.24) is 9.80 Å². The molecule has 0 aromatic heterocycles. The van der Waals surface area contributed by atoms with Crippen LogP contribution in [0.15, 0.2) is 0 Å². The van der Waals surface area contributed by atoms with Gasteiger partial charge >= 0.3 is 0 Å². The van der Waals surface area contributed by atoms with E-state index in [1.807, 2.05) is 0 Å². The topological polar surface area (TPSA) is 6.48 Å². The zero-order valence-corrected chi connectivity index (χ0v) is 21.6. The van der Waals surface area contributed by atoms with Crippen molar-refractivity contribution < 1.29 is 0 Å². The SMILES string of the molecule is C.CC(C)C1CCCCC1.CC(C)C1CCCN(C)C1.CC(C)C1CCN(C)CC1. The Bertz CT molecular complexity index is 376. The van der Waals surface area contributed by atoms with Crippen LogP contribution < -0.4 is 0 Å². The molecular formula is C28H60N2.